The predicted octanol–water partition coefficient (Wildman–Crippen LogP) is 2.87. The summed E-state index contributed by atoms with van der Waals surface area (Å²) in [6.45, 7) is 3.99. The Morgan fingerprint density at radius 3 is 2.33 bits per heavy atom. The van der Waals surface area contributed by atoms with Gasteiger partial charge >= 0.3 is 0 Å². The average molecular weight is 243 g/mol. The first-order valence-electron chi connectivity index (χ1n) is 5.80. The largest absolute Gasteiger partial charge is 0.481 e. The molecule has 0 radical (unpaired) electrons. The number of methoxy groups -OCH3 is 1. The van der Waals surface area contributed by atoms with Gasteiger partial charge in [0.15, 0.2) is 0 Å². The van der Waals surface area contributed by atoms with Crippen LogP contribution in [0.5, 0.6) is 5.88 Å². The van der Waals surface area contributed by atoms with Crippen LogP contribution in [0.15, 0.2) is 30.3 Å². The van der Waals surface area contributed by atoms with Crippen molar-refractivity contribution in [3.8, 4) is 5.88 Å². The zero-order chi connectivity index (χ0) is 13.1. The standard InChI is InChI=1S/C14H17N3O/c1-10-5-7-12(8-6-10)17(3)14-15-11(2)9-13(16-14)18-4/h5-9H,1-4H3. The van der Waals surface area contributed by atoms with Gasteiger partial charge in [-0.15, -0.1) is 0 Å². The van der Waals surface area contributed by atoms with E-state index in [1.165, 1.54) is 5.56 Å². The third-order valence-electron chi connectivity index (χ3n) is 2.75. The number of nitrogens with zero attached hydrogens (tertiary/aromatic N) is 3. The van der Waals surface area contributed by atoms with Gasteiger partial charge in [-0.2, -0.15) is 4.98 Å². The van der Waals surface area contributed by atoms with Crippen LogP contribution in [0.25, 0.3) is 0 Å². The third kappa shape index (κ3) is 2.59. The lowest BCUT2D eigenvalue weighted by molar-refractivity contribution is 0.396. The molecule has 0 bridgehead atoms. The molecule has 0 aliphatic heterocycles. The van der Waals surface area contributed by atoms with E-state index in [2.05, 4.69) is 29.0 Å². The van der Waals surface area contributed by atoms with E-state index in [1.807, 2.05) is 37.1 Å². The molecule has 0 unspecified atom stereocenters. The smallest absolute Gasteiger partial charge is 0.233 e. The summed E-state index contributed by atoms with van der Waals surface area (Å²) in [5.41, 5.74) is 3.17. The fourth-order valence-corrected chi connectivity index (χ4v) is 1.66. The zero-order valence-corrected chi connectivity index (χ0v) is 11.1. The first kappa shape index (κ1) is 12.4. The fourth-order valence-electron chi connectivity index (χ4n) is 1.66. The topological polar surface area (TPSA) is 38.2 Å². The zero-order valence-electron chi connectivity index (χ0n) is 11.1. The fraction of sp³-hybridized carbons (Fsp3) is 0.286. The van der Waals surface area contributed by atoms with Gasteiger partial charge in [0.2, 0.25) is 11.8 Å². The van der Waals surface area contributed by atoms with Crippen molar-refractivity contribution in [1.29, 1.82) is 0 Å². The Labute approximate surface area is 107 Å². The molecule has 1 aromatic heterocycles. The van der Waals surface area contributed by atoms with Crippen molar-refractivity contribution in [3.63, 3.8) is 0 Å². The monoisotopic (exact) mass is 243 g/mol. The predicted molar refractivity (Wildman–Crippen MR) is 72.6 cm³/mol. The lowest BCUT2D eigenvalue weighted by Crippen LogP contribution is -2.14. The minimum absolute atomic E-state index is 0.580. The summed E-state index contributed by atoms with van der Waals surface area (Å²) in [7, 11) is 3.55. The maximum absolute atomic E-state index is 5.16. The summed E-state index contributed by atoms with van der Waals surface area (Å²) < 4.78 is 5.16. The molecule has 0 saturated heterocycles. The number of hydrogen-bond donors (Lipinski definition) is 0. The number of ether oxygens (including phenoxy) is 1. The van der Waals surface area contributed by atoms with E-state index in [9.17, 15) is 0 Å². The Morgan fingerprint density at radius 1 is 1.06 bits per heavy atom. The van der Waals surface area contributed by atoms with E-state index in [0.717, 1.165) is 11.4 Å². The molecule has 4 nitrogen and oxygen atoms in total. The number of hydrogen-bond acceptors (Lipinski definition) is 4. The quantitative estimate of drug-likeness (QED) is 0.830. The van der Waals surface area contributed by atoms with E-state index in [4.69, 9.17) is 4.74 Å². The van der Waals surface area contributed by atoms with Crippen molar-refractivity contribution >= 4 is 11.6 Å². The Bertz CT molecular complexity index is 537. The highest BCUT2D eigenvalue weighted by Crippen LogP contribution is 2.22. The second-order valence-corrected chi connectivity index (χ2v) is 4.25. The maximum atomic E-state index is 5.16. The van der Waals surface area contributed by atoms with Gasteiger partial charge in [-0.3, -0.25) is 0 Å². The van der Waals surface area contributed by atoms with Crippen molar-refractivity contribution in [2.45, 2.75) is 13.8 Å². The lowest BCUT2D eigenvalue weighted by Gasteiger charge is -2.18. The average Bonchev–Trinajstić information content (AvgIpc) is 2.38. The molecular formula is C14H17N3O. The van der Waals surface area contributed by atoms with E-state index >= 15 is 0 Å². The van der Waals surface area contributed by atoms with Gasteiger partial charge in [-0.25, -0.2) is 4.98 Å². The molecule has 2 rings (SSSR count). The maximum Gasteiger partial charge on any atom is 0.233 e. The minimum atomic E-state index is 0.580. The summed E-state index contributed by atoms with van der Waals surface area (Å²) in [5, 5.41) is 0. The van der Waals surface area contributed by atoms with E-state index in [-0.39, 0.29) is 0 Å². The van der Waals surface area contributed by atoms with Gasteiger partial charge in [-0.05, 0) is 26.0 Å². The van der Waals surface area contributed by atoms with Crippen LogP contribution in [-0.2, 0) is 0 Å². The van der Waals surface area contributed by atoms with E-state index < -0.39 is 0 Å². The Balaban J connectivity index is 2.35. The second kappa shape index (κ2) is 5.04. The van der Waals surface area contributed by atoms with Gasteiger partial charge in [-0.1, -0.05) is 17.7 Å². The molecule has 0 fully saturated rings. The molecule has 0 spiro atoms. The van der Waals surface area contributed by atoms with Crippen LogP contribution in [0, 0.1) is 13.8 Å². The van der Waals surface area contributed by atoms with Crippen LogP contribution in [0.2, 0.25) is 0 Å². The number of aryl methyl sites for hydroxylation is 2. The van der Waals surface area contributed by atoms with Crippen LogP contribution in [-0.4, -0.2) is 24.1 Å². The Kier molecular flexibility index (Phi) is 3.46. The van der Waals surface area contributed by atoms with Crippen molar-refractivity contribution in [2.24, 2.45) is 0 Å². The van der Waals surface area contributed by atoms with Crippen LogP contribution in [0.1, 0.15) is 11.3 Å². The summed E-state index contributed by atoms with van der Waals surface area (Å²) in [6, 6.07) is 10.0. The highest BCUT2D eigenvalue weighted by Gasteiger charge is 2.09. The number of aromatic nitrogens is 2. The van der Waals surface area contributed by atoms with Crippen molar-refractivity contribution in [3.05, 3.63) is 41.6 Å². The van der Waals surface area contributed by atoms with Crippen molar-refractivity contribution in [2.75, 3.05) is 19.1 Å². The molecule has 0 amide bonds. The lowest BCUT2D eigenvalue weighted by atomic mass is 10.2. The highest BCUT2D eigenvalue weighted by molar-refractivity contribution is 5.57. The highest BCUT2D eigenvalue weighted by atomic mass is 16.5. The molecule has 1 aromatic carbocycles. The molecule has 0 N–H and O–H groups in total. The number of benzene rings is 1. The van der Waals surface area contributed by atoms with Crippen molar-refractivity contribution in [1.82, 2.24) is 9.97 Å². The van der Waals surface area contributed by atoms with Crippen LogP contribution in [0.3, 0.4) is 0 Å². The summed E-state index contributed by atoms with van der Waals surface area (Å²) in [5.74, 6) is 1.21. The number of anilines is 2. The molecule has 0 saturated carbocycles. The third-order valence-corrected chi connectivity index (χ3v) is 2.75. The van der Waals surface area contributed by atoms with Crippen molar-refractivity contribution < 1.29 is 4.74 Å². The Morgan fingerprint density at radius 2 is 1.72 bits per heavy atom. The van der Waals surface area contributed by atoms with Gasteiger partial charge in [0, 0.05) is 24.5 Å². The normalized spacial score (nSPS) is 10.2. The molecule has 94 valence electrons. The molecule has 18 heavy (non-hydrogen) atoms. The van der Waals surface area contributed by atoms with Crippen LogP contribution >= 0.6 is 0 Å². The molecule has 0 atom stereocenters. The molecular weight excluding hydrogens is 226 g/mol. The second-order valence-electron chi connectivity index (χ2n) is 4.25. The first-order valence-corrected chi connectivity index (χ1v) is 5.80. The molecule has 0 aliphatic carbocycles. The van der Waals surface area contributed by atoms with Crippen LogP contribution in [0.4, 0.5) is 11.6 Å². The van der Waals surface area contributed by atoms with E-state index in [0.29, 0.717) is 11.8 Å². The summed E-state index contributed by atoms with van der Waals surface area (Å²) >= 11 is 0. The summed E-state index contributed by atoms with van der Waals surface area (Å²) in [4.78, 5) is 10.7. The molecule has 0 aliphatic rings. The SMILES string of the molecule is COc1cc(C)nc(N(C)c2ccc(C)cc2)n1. The number of rotatable bonds is 3. The minimum Gasteiger partial charge on any atom is -0.481 e. The van der Waals surface area contributed by atoms with Gasteiger partial charge in [0.1, 0.15) is 0 Å². The van der Waals surface area contributed by atoms with Gasteiger partial charge in [0.25, 0.3) is 0 Å². The first-order chi connectivity index (χ1) is 8.60. The molecule has 1 heterocycles. The Hall–Kier alpha value is -2.10. The molecule has 2 aromatic rings. The molecule has 4 heteroatoms. The van der Waals surface area contributed by atoms with Gasteiger partial charge in [0.05, 0.1) is 7.11 Å². The van der Waals surface area contributed by atoms with E-state index in [1.54, 1.807) is 7.11 Å². The van der Waals surface area contributed by atoms with Gasteiger partial charge < -0.3 is 9.64 Å². The summed E-state index contributed by atoms with van der Waals surface area (Å²) in [6.07, 6.45) is 0. The van der Waals surface area contributed by atoms with Crippen LogP contribution < -0.4 is 9.64 Å².